The second kappa shape index (κ2) is 4.64. The molecule has 0 aliphatic carbocycles. The molecule has 1 rings (SSSR count). The Balaban J connectivity index is 3.40. The molecule has 0 aliphatic heterocycles. The first-order valence-corrected chi connectivity index (χ1v) is 4.51. The second-order valence-electron chi connectivity index (χ2n) is 3.19. The van der Waals surface area contributed by atoms with Crippen molar-refractivity contribution in [1.29, 1.82) is 0 Å². The van der Waals surface area contributed by atoms with Crippen LogP contribution in [-0.2, 0) is 0 Å². The average Bonchev–Trinajstić information content (AvgIpc) is 2.26. The van der Waals surface area contributed by atoms with E-state index in [2.05, 4.69) is 6.58 Å². The summed E-state index contributed by atoms with van der Waals surface area (Å²) >= 11 is 0. The third kappa shape index (κ3) is 2.18. The molecule has 0 bridgehead atoms. The van der Waals surface area contributed by atoms with Gasteiger partial charge in [-0.1, -0.05) is 6.58 Å². The normalized spacial score (nSPS) is 9.53. The van der Waals surface area contributed by atoms with Crippen molar-refractivity contribution in [3.8, 4) is 11.5 Å². The number of benzene rings is 1. The smallest absolute Gasteiger partial charge is 0.153 e. The Hall–Kier alpha value is -1.77. The van der Waals surface area contributed by atoms with E-state index in [1.165, 1.54) is 7.11 Å². The van der Waals surface area contributed by atoms with Crippen LogP contribution in [0, 0.1) is 0 Å². The number of hydrogen-bond acceptors (Lipinski definition) is 3. The van der Waals surface area contributed by atoms with E-state index in [0.29, 0.717) is 17.1 Å². The molecule has 0 amide bonds. The Morgan fingerprint density at radius 2 is 1.87 bits per heavy atom. The SMILES string of the molecule is C=C(C)c1cc(OC)c(C=O)cc1OC. The van der Waals surface area contributed by atoms with Crippen LogP contribution in [0.15, 0.2) is 18.7 Å². The van der Waals surface area contributed by atoms with Gasteiger partial charge in [0.2, 0.25) is 0 Å². The summed E-state index contributed by atoms with van der Waals surface area (Å²) in [6.45, 7) is 5.71. The lowest BCUT2D eigenvalue weighted by Gasteiger charge is -2.12. The Morgan fingerprint density at radius 1 is 1.27 bits per heavy atom. The molecule has 0 saturated carbocycles. The van der Waals surface area contributed by atoms with Crippen molar-refractivity contribution in [1.82, 2.24) is 0 Å². The highest BCUT2D eigenvalue weighted by atomic mass is 16.5. The summed E-state index contributed by atoms with van der Waals surface area (Å²) in [5.74, 6) is 1.16. The van der Waals surface area contributed by atoms with Crippen molar-refractivity contribution in [2.75, 3.05) is 14.2 Å². The predicted molar refractivity (Wildman–Crippen MR) is 59.6 cm³/mol. The third-order valence-corrected chi connectivity index (χ3v) is 2.14. The van der Waals surface area contributed by atoms with Crippen molar-refractivity contribution in [3.63, 3.8) is 0 Å². The fourth-order valence-corrected chi connectivity index (χ4v) is 1.35. The molecule has 0 N–H and O–H groups in total. The molecule has 0 aliphatic rings. The second-order valence-corrected chi connectivity index (χ2v) is 3.19. The van der Waals surface area contributed by atoms with Crippen LogP contribution in [0.25, 0.3) is 5.57 Å². The Bertz CT molecular complexity index is 394. The zero-order valence-electron chi connectivity index (χ0n) is 9.16. The molecule has 0 saturated heterocycles. The van der Waals surface area contributed by atoms with E-state index in [0.717, 1.165) is 17.4 Å². The Labute approximate surface area is 89.3 Å². The third-order valence-electron chi connectivity index (χ3n) is 2.14. The minimum Gasteiger partial charge on any atom is -0.496 e. The first-order valence-electron chi connectivity index (χ1n) is 4.51. The van der Waals surface area contributed by atoms with Gasteiger partial charge in [-0.05, 0) is 24.6 Å². The van der Waals surface area contributed by atoms with Gasteiger partial charge in [0.1, 0.15) is 11.5 Å². The van der Waals surface area contributed by atoms with Crippen LogP contribution in [0.4, 0.5) is 0 Å². The van der Waals surface area contributed by atoms with E-state index in [4.69, 9.17) is 9.47 Å². The summed E-state index contributed by atoms with van der Waals surface area (Å²) in [4.78, 5) is 10.8. The molecule has 80 valence electrons. The molecular formula is C12H14O3. The summed E-state index contributed by atoms with van der Waals surface area (Å²) < 4.78 is 10.3. The molecule has 3 heteroatoms. The maximum atomic E-state index is 10.8. The van der Waals surface area contributed by atoms with E-state index >= 15 is 0 Å². The zero-order valence-corrected chi connectivity index (χ0v) is 9.16. The lowest BCUT2D eigenvalue weighted by atomic mass is 10.0. The highest BCUT2D eigenvalue weighted by molar-refractivity contribution is 5.83. The van der Waals surface area contributed by atoms with Crippen LogP contribution in [0.1, 0.15) is 22.8 Å². The van der Waals surface area contributed by atoms with Crippen LogP contribution >= 0.6 is 0 Å². The van der Waals surface area contributed by atoms with Gasteiger partial charge in [0, 0.05) is 5.56 Å². The Morgan fingerprint density at radius 3 is 2.27 bits per heavy atom. The molecule has 0 aromatic heterocycles. The van der Waals surface area contributed by atoms with Crippen LogP contribution in [0.2, 0.25) is 0 Å². The standard InChI is InChI=1S/C12H14O3/c1-8(2)10-6-11(14-3)9(7-13)5-12(10)15-4/h5-7H,1H2,2-4H3. The summed E-state index contributed by atoms with van der Waals surface area (Å²) in [7, 11) is 3.08. The van der Waals surface area contributed by atoms with E-state index in [1.54, 1.807) is 19.2 Å². The molecule has 15 heavy (non-hydrogen) atoms. The van der Waals surface area contributed by atoms with Crippen molar-refractivity contribution in [2.24, 2.45) is 0 Å². The molecule has 0 fully saturated rings. The van der Waals surface area contributed by atoms with Crippen molar-refractivity contribution < 1.29 is 14.3 Å². The first kappa shape index (κ1) is 11.3. The molecular weight excluding hydrogens is 192 g/mol. The molecule has 0 radical (unpaired) electrons. The van der Waals surface area contributed by atoms with Crippen LogP contribution in [-0.4, -0.2) is 20.5 Å². The minimum atomic E-state index is 0.472. The number of carbonyl (C=O) groups excluding carboxylic acids is 1. The van der Waals surface area contributed by atoms with Gasteiger partial charge < -0.3 is 9.47 Å². The largest absolute Gasteiger partial charge is 0.496 e. The highest BCUT2D eigenvalue weighted by Crippen LogP contribution is 2.31. The molecule has 0 spiro atoms. The number of rotatable bonds is 4. The topological polar surface area (TPSA) is 35.5 Å². The number of aldehydes is 1. The van der Waals surface area contributed by atoms with Gasteiger partial charge in [-0.15, -0.1) is 0 Å². The quantitative estimate of drug-likeness (QED) is 0.710. The molecule has 0 unspecified atom stereocenters. The number of allylic oxidation sites excluding steroid dienone is 1. The summed E-state index contributed by atoms with van der Waals surface area (Å²) in [6, 6.07) is 3.40. The molecule has 3 nitrogen and oxygen atoms in total. The van der Waals surface area contributed by atoms with Crippen molar-refractivity contribution >= 4 is 11.9 Å². The van der Waals surface area contributed by atoms with Gasteiger partial charge in [0.05, 0.1) is 19.8 Å². The number of ether oxygens (including phenoxy) is 2. The zero-order chi connectivity index (χ0) is 11.4. The van der Waals surface area contributed by atoms with Gasteiger partial charge in [-0.25, -0.2) is 0 Å². The maximum absolute atomic E-state index is 10.8. The van der Waals surface area contributed by atoms with Crippen LogP contribution in [0.3, 0.4) is 0 Å². The lowest BCUT2D eigenvalue weighted by Crippen LogP contribution is -1.96. The minimum absolute atomic E-state index is 0.472. The Kier molecular flexibility index (Phi) is 3.50. The molecule has 1 aromatic rings. The van der Waals surface area contributed by atoms with Crippen LogP contribution in [0.5, 0.6) is 11.5 Å². The van der Waals surface area contributed by atoms with Gasteiger partial charge in [-0.3, -0.25) is 4.79 Å². The number of hydrogen-bond donors (Lipinski definition) is 0. The molecule has 0 heterocycles. The van der Waals surface area contributed by atoms with E-state index in [-0.39, 0.29) is 0 Å². The lowest BCUT2D eigenvalue weighted by molar-refractivity contribution is 0.112. The van der Waals surface area contributed by atoms with Gasteiger partial charge in [0.15, 0.2) is 6.29 Å². The summed E-state index contributed by atoms with van der Waals surface area (Å²) in [6.07, 6.45) is 0.740. The number of methoxy groups -OCH3 is 2. The van der Waals surface area contributed by atoms with Crippen molar-refractivity contribution in [3.05, 3.63) is 29.8 Å². The number of carbonyl (C=O) groups is 1. The summed E-state index contributed by atoms with van der Waals surface area (Å²) in [5, 5.41) is 0. The van der Waals surface area contributed by atoms with Gasteiger partial charge in [0.25, 0.3) is 0 Å². The van der Waals surface area contributed by atoms with Gasteiger partial charge in [-0.2, -0.15) is 0 Å². The molecule has 1 aromatic carbocycles. The maximum Gasteiger partial charge on any atom is 0.153 e. The highest BCUT2D eigenvalue weighted by Gasteiger charge is 2.10. The fraction of sp³-hybridized carbons (Fsp3) is 0.250. The van der Waals surface area contributed by atoms with E-state index < -0.39 is 0 Å². The van der Waals surface area contributed by atoms with Crippen LogP contribution < -0.4 is 9.47 Å². The van der Waals surface area contributed by atoms with Crippen molar-refractivity contribution in [2.45, 2.75) is 6.92 Å². The first-order chi connectivity index (χ1) is 7.13. The summed E-state index contributed by atoms with van der Waals surface area (Å²) in [5.41, 5.74) is 2.18. The fourth-order valence-electron chi connectivity index (χ4n) is 1.35. The molecule has 0 atom stereocenters. The van der Waals surface area contributed by atoms with E-state index in [1.807, 2.05) is 6.92 Å². The average molecular weight is 206 g/mol. The van der Waals surface area contributed by atoms with Gasteiger partial charge >= 0.3 is 0 Å². The predicted octanol–water partition coefficient (Wildman–Crippen LogP) is 2.55. The monoisotopic (exact) mass is 206 g/mol. The van der Waals surface area contributed by atoms with E-state index in [9.17, 15) is 4.79 Å².